The molecule has 0 radical (unpaired) electrons. The zero-order valence-electron chi connectivity index (χ0n) is 15.2. The Balaban J connectivity index is 1.82. The van der Waals surface area contributed by atoms with E-state index in [-0.39, 0.29) is 36.3 Å². The van der Waals surface area contributed by atoms with E-state index in [1.54, 1.807) is 0 Å². The smallest absolute Gasteiger partial charge is 0.321 e. The maximum Gasteiger partial charge on any atom is 0.321 e. The lowest BCUT2D eigenvalue weighted by Gasteiger charge is -2.47. The van der Waals surface area contributed by atoms with Crippen LogP contribution in [0.1, 0.15) is 39.0 Å². The average molecular weight is 388 g/mol. The fourth-order valence-corrected chi connectivity index (χ4v) is 4.71. The number of nitrogens with one attached hydrogen (secondary N) is 1. The van der Waals surface area contributed by atoms with Crippen LogP contribution < -0.4 is 11.1 Å². The molecule has 26 heavy (non-hydrogen) atoms. The number of carboxylic acid groups (broad SMARTS) is 1. The van der Waals surface area contributed by atoms with Crippen LogP contribution >= 0.6 is 11.8 Å². The Kier molecular flexibility index (Phi) is 8.17. The van der Waals surface area contributed by atoms with Gasteiger partial charge in [0, 0.05) is 12.7 Å². The molecule has 0 aromatic rings. The summed E-state index contributed by atoms with van der Waals surface area (Å²) >= 11 is 1.29. The summed E-state index contributed by atoms with van der Waals surface area (Å²) in [5.41, 5.74) is 5.43. The first-order chi connectivity index (χ1) is 12.4. The fraction of sp³-hybridized carbons (Fsp3) is 0.824. The van der Waals surface area contributed by atoms with E-state index < -0.39 is 12.0 Å². The number of thioether (sulfide) groups is 1. The van der Waals surface area contributed by atoms with Crippen molar-refractivity contribution < 1.29 is 24.2 Å². The van der Waals surface area contributed by atoms with Gasteiger partial charge >= 0.3 is 11.9 Å². The van der Waals surface area contributed by atoms with Gasteiger partial charge in [0.05, 0.1) is 18.5 Å². The van der Waals surface area contributed by atoms with Crippen molar-refractivity contribution in [3.05, 3.63) is 0 Å². The number of nitrogens with two attached hydrogens (primary N) is 1. The molecule has 1 amide bonds. The van der Waals surface area contributed by atoms with Crippen molar-refractivity contribution in [2.45, 2.75) is 57.2 Å². The molecule has 1 saturated heterocycles. The number of amides is 1. The Morgan fingerprint density at radius 3 is 2.73 bits per heavy atom. The summed E-state index contributed by atoms with van der Waals surface area (Å²) in [6.45, 7) is 2.52. The number of aliphatic carboxylic acids is 1. The van der Waals surface area contributed by atoms with Crippen LogP contribution in [0.5, 0.6) is 0 Å². The van der Waals surface area contributed by atoms with Crippen LogP contribution in [0.3, 0.4) is 0 Å². The van der Waals surface area contributed by atoms with Gasteiger partial charge < -0.3 is 20.9 Å². The number of carbonyl (C=O) groups is 3. The van der Waals surface area contributed by atoms with Gasteiger partial charge in [0.15, 0.2) is 0 Å². The standard InChI is InChI=1S/C17H29N3O5S/c1-11(21)25-14-6-2-4-12-5-3-7-20(16(12)14)8-15(22)19-10-26-9-13(18)17(23)24/h12-14,16H,2-10,18H2,1H3,(H,19,22)(H,23,24)/t12-,13-,14-,16+/m0/s1. The Labute approximate surface area is 158 Å². The maximum atomic E-state index is 12.3. The van der Waals surface area contributed by atoms with Gasteiger partial charge in [-0.15, -0.1) is 11.8 Å². The van der Waals surface area contributed by atoms with Crippen LogP contribution in [0.15, 0.2) is 0 Å². The lowest BCUT2D eigenvalue weighted by atomic mass is 9.76. The minimum Gasteiger partial charge on any atom is -0.480 e. The first kappa shape index (κ1) is 21.0. The summed E-state index contributed by atoms with van der Waals surface area (Å²) < 4.78 is 5.53. The van der Waals surface area contributed by atoms with Crippen molar-refractivity contribution in [2.75, 3.05) is 24.7 Å². The number of carboxylic acids is 1. The number of hydrogen-bond donors (Lipinski definition) is 3. The topological polar surface area (TPSA) is 122 Å². The van der Waals surface area contributed by atoms with E-state index in [0.717, 1.165) is 38.6 Å². The number of carbonyl (C=O) groups excluding carboxylic acids is 2. The predicted molar refractivity (Wildman–Crippen MR) is 98.6 cm³/mol. The van der Waals surface area contributed by atoms with E-state index in [9.17, 15) is 14.4 Å². The summed E-state index contributed by atoms with van der Waals surface area (Å²) in [5, 5.41) is 11.5. The van der Waals surface area contributed by atoms with Crippen molar-refractivity contribution in [1.82, 2.24) is 10.2 Å². The highest BCUT2D eigenvalue weighted by molar-refractivity contribution is 7.99. The van der Waals surface area contributed by atoms with Gasteiger partial charge in [-0.25, -0.2) is 0 Å². The molecule has 1 aliphatic heterocycles. The number of fused-ring (bicyclic) bond motifs is 1. The van der Waals surface area contributed by atoms with E-state index in [4.69, 9.17) is 15.6 Å². The van der Waals surface area contributed by atoms with Gasteiger partial charge in [0.2, 0.25) is 5.91 Å². The van der Waals surface area contributed by atoms with Crippen molar-refractivity contribution in [1.29, 1.82) is 0 Å². The van der Waals surface area contributed by atoms with Gasteiger partial charge in [-0.1, -0.05) is 0 Å². The zero-order valence-corrected chi connectivity index (χ0v) is 16.0. The first-order valence-corrected chi connectivity index (χ1v) is 10.3. The van der Waals surface area contributed by atoms with Crippen LogP contribution in [0.4, 0.5) is 0 Å². The fourth-order valence-electron chi connectivity index (χ4n) is 3.94. The minimum absolute atomic E-state index is 0.103. The molecule has 2 fully saturated rings. The van der Waals surface area contributed by atoms with E-state index in [0.29, 0.717) is 11.8 Å². The molecule has 148 valence electrons. The second-order valence-electron chi connectivity index (χ2n) is 7.00. The SMILES string of the molecule is CC(=O)O[C@H]1CCC[C@H]2CCCN(CC(=O)NCSC[C@H](N)C(=O)O)[C@H]21. The highest BCUT2D eigenvalue weighted by Crippen LogP contribution is 2.36. The number of esters is 1. The summed E-state index contributed by atoms with van der Waals surface area (Å²) in [6, 6.07) is -0.813. The molecule has 0 bridgehead atoms. The summed E-state index contributed by atoms with van der Waals surface area (Å²) in [4.78, 5) is 36.5. The van der Waals surface area contributed by atoms with E-state index >= 15 is 0 Å². The molecule has 9 heteroatoms. The normalized spacial score (nSPS) is 27.2. The number of piperidine rings is 1. The monoisotopic (exact) mass is 387 g/mol. The number of hydrogen-bond acceptors (Lipinski definition) is 7. The van der Waals surface area contributed by atoms with Crippen molar-refractivity contribution in [3.63, 3.8) is 0 Å². The molecule has 1 aliphatic carbocycles. The number of ether oxygens (including phenoxy) is 1. The lowest BCUT2D eigenvalue weighted by molar-refractivity contribution is -0.156. The summed E-state index contributed by atoms with van der Waals surface area (Å²) in [6.07, 6.45) is 5.04. The molecule has 2 rings (SSSR count). The molecule has 0 unspecified atom stereocenters. The van der Waals surface area contributed by atoms with Crippen LogP contribution in [0.2, 0.25) is 0 Å². The largest absolute Gasteiger partial charge is 0.480 e. The third-order valence-corrected chi connectivity index (χ3v) is 5.96. The average Bonchev–Trinajstić information content (AvgIpc) is 2.58. The third-order valence-electron chi connectivity index (χ3n) is 5.02. The maximum absolute atomic E-state index is 12.3. The molecule has 1 saturated carbocycles. The van der Waals surface area contributed by atoms with Crippen LogP contribution in [0, 0.1) is 5.92 Å². The van der Waals surface area contributed by atoms with E-state index in [1.807, 2.05) is 0 Å². The van der Waals surface area contributed by atoms with Gasteiger partial charge in [-0.05, 0) is 44.6 Å². The van der Waals surface area contributed by atoms with Gasteiger partial charge in [0.25, 0.3) is 0 Å². The minimum atomic E-state index is -1.04. The first-order valence-electron chi connectivity index (χ1n) is 9.12. The van der Waals surface area contributed by atoms with Gasteiger partial charge in [-0.2, -0.15) is 0 Å². The van der Waals surface area contributed by atoms with E-state index in [1.165, 1.54) is 18.7 Å². The Bertz CT molecular complexity index is 517. The second-order valence-corrected chi connectivity index (χ2v) is 8.03. The van der Waals surface area contributed by atoms with Gasteiger partial charge in [-0.3, -0.25) is 19.3 Å². The van der Waals surface area contributed by atoms with E-state index in [2.05, 4.69) is 10.2 Å². The van der Waals surface area contributed by atoms with Gasteiger partial charge in [0.1, 0.15) is 12.1 Å². The van der Waals surface area contributed by atoms with Crippen LogP contribution in [-0.4, -0.2) is 70.8 Å². The summed E-state index contributed by atoms with van der Waals surface area (Å²) in [7, 11) is 0. The number of nitrogens with zero attached hydrogens (tertiary/aromatic N) is 1. The molecule has 4 N–H and O–H groups in total. The molecule has 0 aromatic heterocycles. The van der Waals surface area contributed by atoms with Crippen molar-refractivity contribution in [3.8, 4) is 0 Å². The highest BCUT2D eigenvalue weighted by Gasteiger charge is 2.41. The quantitative estimate of drug-likeness (QED) is 0.311. The third kappa shape index (κ3) is 6.14. The van der Waals surface area contributed by atoms with Crippen molar-refractivity contribution in [2.24, 2.45) is 11.7 Å². The second kappa shape index (κ2) is 10.1. The molecular weight excluding hydrogens is 358 g/mol. The molecule has 4 atom stereocenters. The molecule has 0 spiro atoms. The van der Waals surface area contributed by atoms with Crippen LogP contribution in [0.25, 0.3) is 0 Å². The molecular formula is C17H29N3O5S. The Morgan fingerprint density at radius 2 is 2.04 bits per heavy atom. The van der Waals surface area contributed by atoms with Crippen molar-refractivity contribution >= 4 is 29.6 Å². The summed E-state index contributed by atoms with van der Waals surface area (Å²) in [5.74, 6) is -0.367. The lowest BCUT2D eigenvalue weighted by Crippen LogP contribution is -2.57. The zero-order chi connectivity index (χ0) is 19.1. The highest BCUT2D eigenvalue weighted by atomic mass is 32.2. The predicted octanol–water partition coefficient (Wildman–Crippen LogP) is 0.401. The molecule has 1 heterocycles. The molecule has 2 aliphatic rings. The Hall–Kier alpha value is -1.32. The van der Waals surface area contributed by atoms with Crippen LogP contribution in [-0.2, 0) is 19.1 Å². The molecule has 0 aromatic carbocycles. The number of rotatable bonds is 8. The Morgan fingerprint density at radius 1 is 1.31 bits per heavy atom. The number of likely N-dealkylation sites (tertiary alicyclic amines) is 1. The molecule has 8 nitrogen and oxygen atoms in total.